The summed E-state index contributed by atoms with van der Waals surface area (Å²) in [6.45, 7) is 5.70. The predicted molar refractivity (Wildman–Crippen MR) is 42.5 cm³/mol. The third-order valence-electron chi connectivity index (χ3n) is 1.54. The molecule has 3 heteroatoms. The van der Waals surface area contributed by atoms with E-state index >= 15 is 0 Å². The molecule has 0 aromatic carbocycles. The van der Waals surface area contributed by atoms with Crippen LogP contribution in [-0.4, -0.2) is 19.3 Å². The van der Waals surface area contributed by atoms with Crippen LogP contribution in [-0.2, 0) is 4.74 Å². The lowest BCUT2D eigenvalue weighted by Crippen LogP contribution is -2.35. The second-order valence-electron chi connectivity index (χ2n) is 2.26. The lowest BCUT2D eigenvalue weighted by atomic mass is 10.2. The predicted octanol–water partition coefficient (Wildman–Crippen LogP) is 0.655. The maximum atomic E-state index is 5.26. The Morgan fingerprint density at radius 2 is 2.20 bits per heavy atom. The molecule has 0 fully saturated rings. The van der Waals surface area contributed by atoms with E-state index < -0.39 is 0 Å². The van der Waals surface area contributed by atoms with Crippen molar-refractivity contribution in [3.63, 3.8) is 0 Å². The highest BCUT2D eigenvalue weighted by Gasteiger charge is 2.00. The molecule has 0 aromatic rings. The second kappa shape index (κ2) is 6.99. The van der Waals surface area contributed by atoms with Crippen LogP contribution in [0.3, 0.4) is 0 Å². The molecule has 0 amide bonds. The van der Waals surface area contributed by atoms with E-state index in [-0.39, 0.29) is 0 Å². The molecule has 0 radical (unpaired) electrons. The maximum Gasteiger partial charge on any atom is 0.0481 e. The lowest BCUT2D eigenvalue weighted by molar-refractivity contribution is 0.136. The highest BCUT2D eigenvalue weighted by atomic mass is 16.5. The van der Waals surface area contributed by atoms with Crippen LogP contribution in [0.1, 0.15) is 26.7 Å². The molecule has 0 aliphatic rings. The summed E-state index contributed by atoms with van der Waals surface area (Å²) >= 11 is 0. The number of ether oxygens (including phenoxy) is 1. The fraction of sp³-hybridized carbons (Fsp3) is 1.00. The Morgan fingerprint density at radius 3 is 2.60 bits per heavy atom. The van der Waals surface area contributed by atoms with Crippen LogP contribution in [0.2, 0.25) is 0 Å². The molecule has 62 valence electrons. The van der Waals surface area contributed by atoms with Gasteiger partial charge >= 0.3 is 0 Å². The number of rotatable bonds is 6. The van der Waals surface area contributed by atoms with Crippen molar-refractivity contribution in [1.29, 1.82) is 0 Å². The van der Waals surface area contributed by atoms with Gasteiger partial charge in [0.25, 0.3) is 0 Å². The minimum absolute atomic E-state index is 0.409. The third-order valence-corrected chi connectivity index (χ3v) is 1.54. The van der Waals surface area contributed by atoms with E-state index in [0.717, 1.165) is 26.1 Å². The van der Waals surface area contributed by atoms with Crippen molar-refractivity contribution in [2.24, 2.45) is 5.84 Å². The van der Waals surface area contributed by atoms with Crippen LogP contribution in [0.4, 0.5) is 0 Å². The smallest absolute Gasteiger partial charge is 0.0481 e. The Balaban J connectivity index is 3.09. The fourth-order valence-electron chi connectivity index (χ4n) is 0.775. The van der Waals surface area contributed by atoms with Gasteiger partial charge in [0.1, 0.15) is 0 Å². The van der Waals surface area contributed by atoms with Crippen molar-refractivity contribution in [3.8, 4) is 0 Å². The van der Waals surface area contributed by atoms with Crippen LogP contribution in [0.5, 0.6) is 0 Å². The van der Waals surface area contributed by atoms with Gasteiger partial charge in [-0.05, 0) is 19.8 Å². The van der Waals surface area contributed by atoms with E-state index in [1.165, 1.54) is 0 Å². The fourth-order valence-corrected chi connectivity index (χ4v) is 0.775. The van der Waals surface area contributed by atoms with E-state index in [0.29, 0.717) is 6.04 Å². The Bertz CT molecular complexity index is 64.6. The first-order valence-corrected chi connectivity index (χ1v) is 3.89. The van der Waals surface area contributed by atoms with Crippen LogP contribution < -0.4 is 11.3 Å². The van der Waals surface area contributed by atoms with Crippen molar-refractivity contribution in [1.82, 2.24) is 5.43 Å². The number of nitrogens with two attached hydrogens (primary N) is 1. The first-order valence-electron chi connectivity index (χ1n) is 3.89. The van der Waals surface area contributed by atoms with E-state index in [1.807, 2.05) is 6.92 Å². The molecule has 0 rings (SSSR count). The molecule has 3 nitrogen and oxygen atoms in total. The molecule has 0 saturated heterocycles. The number of hydrogen-bond acceptors (Lipinski definition) is 3. The zero-order valence-electron chi connectivity index (χ0n) is 6.89. The first-order chi connectivity index (χ1) is 4.85. The molecule has 0 aliphatic heterocycles. The van der Waals surface area contributed by atoms with Gasteiger partial charge in [-0.15, -0.1) is 0 Å². The maximum absolute atomic E-state index is 5.26. The lowest BCUT2D eigenvalue weighted by Gasteiger charge is -2.12. The topological polar surface area (TPSA) is 47.3 Å². The molecule has 1 atom stereocenters. The minimum atomic E-state index is 0.409. The van der Waals surface area contributed by atoms with Crippen molar-refractivity contribution in [2.45, 2.75) is 32.7 Å². The van der Waals surface area contributed by atoms with Crippen LogP contribution in [0.15, 0.2) is 0 Å². The summed E-state index contributed by atoms with van der Waals surface area (Å²) in [5.41, 5.74) is 2.73. The van der Waals surface area contributed by atoms with Crippen molar-refractivity contribution in [2.75, 3.05) is 13.2 Å². The monoisotopic (exact) mass is 146 g/mol. The Morgan fingerprint density at radius 1 is 1.50 bits per heavy atom. The summed E-state index contributed by atoms with van der Waals surface area (Å²) in [5, 5.41) is 0. The van der Waals surface area contributed by atoms with Gasteiger partial charge in [0, 0.05) is 19.3 Å². The Hall–Kier alpha value is -0.120. The van der Waals surface area contributed by atoms with Gasteiger partial charge in [-0.25, -0.2) is 0 Å². The average Bonchev–Trinajstić information content (AvgIpc) is 1.99. The van der Waals surface area contributed by atoms with Gasteiger partial charge < -0.3 is 4.74 Å². The first kappa shape index (κ1) is 9.88. The molecule has 0 heterocycles. The highest BCUT2D eigenvalue weighted by molar-refractivity contribution is 4.58. The van der Waals surface area contributed by atoms with Gasteiger partial charge in [-0.2, -0.15) is 0 Å². The SMILES string of the molecule is CCOCCC(CC)NN. The number of nitrogens with one attached hydrogen (secondary N) is 1. The number of hydrogen-bond donors (Lipinski definition) is 2. The highest BCUT2D eigenvalue weighted by Crippen LogP contribution is 1.95. The minimum Gasteiger partial charge on any atom is -0.382 e. The standard InChI is InChI=1S/C7H18N2O/c1-3-7(9-8)5-6-10-4-2/h7,9H,3-6,8H2,1-2H3. The van der Waals surface area contributed by atoms with Crippen molar-refractivity contribution < 1.29 is 4.74 Å². The molecule has 0 aliphatic carbocycles. The molecule has 3 N–H and O–H groups in total. The van der Waals surface area contributed by atoms with Gasteiger partial charge in [-0.1, -0.05) is 6.92 Å². The summed E-state index contributed by atoms with van der Waals surface area (Å²) in [5.74, 6) is 5.26. The van der Waals surface area contributed by atoms with Gasteiger partial charge in [0.2, 0.25) is 0 Å². The number of hydrazine groups is 1. The zero-order chi connectivity index (χ0) is 7.82. The molecular weight excluding hydrogens is 128 g/mol. The van der Waals surface area contributed by atoms with E-state index in [1.54, 1.807) is 0 Å². The summed E-state index contributed by atoms with van der Waals surface area (Å²) in [6, 6.07) is 0.409. The van der Waals surface area contributed by atoms with Crippen molar-refractivity contribution in [3.05, 3.63) is 0 Å². The van der Waals surface area contributed by atoms with E-state index in [2.05, 4.69) is 12.3 Å². The quantitative estimate of drug-likeness (QED) is 0.329. The summed E-state index contributed by atoms with van der Waals surface area (Å²) < 4.78 is 5.17. The van der Waals surface area contributed by atoms with Gasteiger partial charge in [-0.3, -0.25) is 11.3 Å². The molecule has 10 heavy (non-hydrogen) atoms. The second-order valence-corrected chi connectivity index (χ2v) is 2.26. The normalized spacial score (nSPS) is 13.5. The van der Waals surface area contributed by atoms with Crippen molar-refractivity contribution >= 4 is 0 Å². The molecule has 0 spiro atoms. The Labute approximate surface area is 62.9 Å². The Kier molecular flexibility index (Phi) is 6.91. The summed E-state index contributed by atoms with van der Waals surface area (Å²) in [4.78, 5) is 0. The summed E-state index contributed by atoms with van der Waals surface area (Å²) in [7, 11) is 0. The molecular formula is C7H18N2O. The van der Waals surface area contributed by atoms with E-state index in [9.17, 15) is 0 Å². The molecule has 0 saturated carbocycles. The van der Waals surface area contributed by atoms with Crippen LogP contribution in [0, 0.1) is 0 Å². The molecule has 1 unspecified atom stereocenters. The third kappa shape index (κ3) is 4.73. The summed E-state index contributed by atoms with van der Waals surface area (Å²) in [6.07, 6.45) is 2.06. The zero-order valence-corrected chi connectivity index (χ0v) is 6.89. The van der Waals surface area contributed by atoms with Crippen LogP contribution in [0.25, 0.3) is 0 Å². The average molecular weight is 146 g/mol. The van der Waals surface area contributed by atoms with Crippen LogP contribution >= 0.6 is 0 Å². The molecule has 0 bridgehead atoms. The van der Waals surface area contributed by atoms with Gasteiger partial charge in [0.05, 0.1) is 0 Å². The largest absolute Gasteiger partial charge is 0.382 e. The van der Waals surface area contributed by atoms with Gasteiger partial charge in [0.15, 0.2) is 0 Å². The van der Waals surface area contributed by atoms with E-state index in [4.69, 9.17) is 10.6 Å². The molecule has 0 aromatic heterocycles.